The molecule has 2 N–H and O–H groups in total. The SMILES string of the molecule is CCNC(=NCc1csc(CC)n1)NCC(C)N1CCOCC1. The van der Waals surface area contributed by atoms with Gasteiger partial charge in [0.1, 0.15) is 0 Å². The molecule has 6 nitrogen and oxygen atoms in total. The number of aryl methyl sites for hydroxylation is 1. The zero-order valence-corrected chi connectivity index (χ0v) is 15.3. The molecule has 0 saturated carbocycles. The highest BCUT2D eigenvalue weighted by Crippen LogP contribution is 2.10. The van der Waals surface area contributed by atoms with Crippen LogP contribution in [0.5, 0.6) is 0 Å². The fourth-order valence-electron chi connectivity index (χ4n) is 2.48. The minimum Gasteiger partial charge on any atom is -0.379 e. The maximum Gasteiger partial charge on any atom is 0.191 e. The molecule has 1 aliphatic rings. The summed E-state index contributed by atoms with van der Waals surface area (Å²) in [6.45, 7) is 12.5. The third kappa shape index (κ3) is 6.08. The number of aliphatic imine (C=N–C) groups is 1. The van der Waals surface area contributed by atoms with E-state index in [0.717, 1.165) is 57.5 Å². The Balaban J connectivity index is 1.83. The first-order chi connectivity index (χ1) is 11.2. The Morgan fingerprint density at radius 3 is 2.83 bits per heavy atom. The normalized spacial score (nSPS) is 18.0. The van der Waals surface area contributed by atoms with E-state index in [1.165, 1.54) is 5.01 Å². The van der Waals surface area contributed by atoms with Gasteiger partial charge in [-0.1, -0.05) is 6.92 Å². The highest BCUT2D eigenvalue weighted by molar-refractivity contribution is 7.09. The van der Waals surface area contributed by atoms with Crippen molar-refractivity contribution in [3.05, 3.63) is 16.1 Å². The van der Waals surface area contributed by atoms with Crippen LogP contribution in [0.3, 0.4) is 0 Å². The molecule has 1 aromatic heterocycles. The Morgan fingerprint density at radius 2 is 2.17 bits per heavy atom. The predicted octanol–water partition coefficient (Wildman–Crippen LogP) is 1.48. The van der Waals surface area contributed by atoms with Gasteiger partial charge in [-0.25, -0.2) is 9.98 Å². The first-order valence-corrected chi connectivity index (χ1v) is 9.38. The molecule has 1 saturated heterocycles. The first kappa shape index (κ1) is 18.2. The van der Waals surface area contributed by atoms with Gasteiger partial charge < -0.3 is 15.4 Å². The summed E-state index contributed by atoms with van der Waals surface area (Å²) in [5, 5.41) is 10.0. The monoisotopic (exact) mass is 339 g/mol. The van der Waals surface area contributed by atoms with Crippen LogP contribution in [0.15, 0.2) is 10.4 Å². The Hall–Kier alpha value is -1.18. The molecule has 0 aromatic carbocycles. The molecule has 2 rings (SSSR count). The number of morpholine rings is 1. The molecule has 0 radical (unpaired) electrons. The number of aromatic nitrogens is 1. The first-order valence-electron chi connectivity index (χ1n) is 8.50. The molecule has 1 atom stereocenters. The zero-order chi connectivity index (χ0) is 16.5. The molecule has 1 unspecified atom stereocenters. The molecular formula is C16H29N5OS. The standard InChI is InChI=1S/C16H29N5OS/c1-4-15-20-14(12-23-15)11-19-16(17-5-2)18-10-13(3)21-6-8-22-9-7-21/h12-13H,4-11H2,1-3H3,(H2,17,18,19). The van der Waals surface area contributed by atoms with Crippen LogP contribution >= 0.6 is 11.3 Å². The third-order valence-electron chi connectivity index (χ3n) is 3.88. The van der Waals surface area contributed by atoms with E-state index in [9.17, 15) is 0 Å². The van der Waals surface area contributed by atoms with Crippen LogP contribution in [-0.2, 0) is 17.7 Å². The van der Waals surface area contributed by atoms with Gasteiger partial charge in [-0.05, 0) is 20.3 Å². The van der Waals surface area contributed by atoms with Crippen molar-refractivity contribution < 1.29 is 4.74 Å². The maximum absolute atomic E-state index is 5.41. The van der Waals surface area contributed by atoms with Crippen LogP contribution in [0.25, 0.3) is 0 Å². The topological polar surface area (TPSA) is 61.8 Å². The summed E-state index contributed by atoms with van der Waals surface area (Å²) in [6, 6.07) is 0.466. The molecule has 1 aromatic rings. The van der Waals surface area contributed by atoms with Gasteiger partial charge in [0.15, 0.2) is 5.96 Å². The second kappa shape index (κ2) is 9.85. The summed E-state index contributed by atoms with van der Waals surface area (Å²) < 4.78 is 5.41. The summed E-state index contributed by atoms with van der Waals surface area (Å²) >= 11 is 1.71. The molecule has 0 spiro atoms. The smallest absolute Gasteiger partial charge is 0.191 e. The Morgan fingerprint density at radius 1 is 1.39 bits per heavy atom. The molecule has 23 heavy (non-hydrogen) atoms. The molecule has 0 aliphatic carbocycles. The average molecular weight is 340 g/mol. The molecule has 7 heteroatoms. The lowest BCUT2D eigenvalue weighted by Crippen LogP contribution is -2.49. The molecule has 0 amide bonds. The Bertz CT molecular complexity index is 485. The lowest BCUT2D eigenvalue weighted by atomic mass is 10.2. The zero-order valence-electron chi connectivity index (χ0n) is 14.5. The van der Waals surface area contributed by atoms with E-state index in [2.05, 4.69) is 51.7 Å². The van der Waals surface area contributed by atoms with Gasteiger partial charge in [0.25, 0.3) is 0 Å². The number of ether oxygens (including phenoxy) is 1. The van der Waals surface area contributed by atoms with E-state index in [1.807, 2.05) is 0 Å². The molecule has 2 heterocycles. The van der Waals surface area contributed by atoms with Crippen LogP contribution in [-0.4, -0.2) is 61.3 Å². The van der Waals surface area contributed by atoms with Crippen molar-refractivity contribution in [3.63, 3.8) is 0 Å². The van der Waals surface area contributed by atoms with Gasteiger partial charge in [0, 0.05) is 37.6 Å². The quantitative estimate of drug-likeness (QED) is 0.582. The number of nitrogens with one attached hydrogen (secondary N) is 2. The Labute approximate surface area is 143 Å². The molecular weight excluding hydrogens is 310 g/mol. The summed E-state index contributed by atoms with van der Waals surface area (Å²) in [6.07, 6.45) is 0.990. The van der Waals surface area contributed by atoms with Crippen LogP contribution in [0.1, 0.15) is 31.5 Å². The molecule has 1 aliphatic heterocycles. The third-order valence-corrected chi connectivity index (χ3v) is 4.92. The van der Waals surface area contributed by atoms with E-state index in [0.29, 0.717) is 12.6 Å². The van der Waals surface area contributed by atoms with Crippen molar-refractivity contribution in [2.45, 2.75) is 39.8 Å². The minimum absolute atomic E-state index is 0.466. The highest BCUT2D eigenvalue weighted by Gasteiger charge is 2.16. The lowest BCUT2D eigenvalue weighted by Gasteiger charge is -2.32. The second-order valence-corrected chi connectivity index (χ2v) is 6.60. The van der Waals surface area contributed by atoms with Gasteiger partial charge in [-0.2, -0.15) is 0 Å². The van der Waals surface area contributed by atoms with E-state index < -0.39 is 0 Å². The predicted molar refractivity (Wildman–Crippen MR) is 96.2 cm³/mol. The van der Waals surface area contributed by atoms with Gasteiger partial charge in [-0.15, -0.1) is 11.3 Å². The summed E-state index contributed by atoms with van der Waals surface area (Å²) in [5.74, 6) is 0.860. The number of nitrogens with zero attached hydrogens (tertiary/aromatic N) is 3. The molecule has 0 bridgehead atoms. The number of thiazole rings is 1. The summed E-state index contributed by atoms with van der Waals surface area (Å²) in [7, 11) is 0. The molecule has 1 fully saturated rings. The van der Waals surface area contributed by atoms with E-state index >= 15 is 0 Å². The number of rotatable bonds is 7. The highest BCUT2D eigenvalue weighted by atomic mass is 32.1. The summed E-state index contributed by atoms with van der Waals surface area (Å²) in [4.78, 5) is 11.7. The lowest BCUT2D eigenvalue weighted by molar-refractivity contribution is 0.0211. The van der Waals surface area contributed by atoms with Crippen molar-refractivity contribution in [2.24, 2.45) is 4.99 Å². The maximum atomic E-state index is 5.41. The fourth-order valence-corrected chi connectivity index (χ4v) is 3.21. The molecule has 130 valence electrons. The summed E-state index contributed by atoms with van der Waals surface area (Å²) in [5.41, 5.74) is 1.05. The number of hydrogen-bond donors (Lipinski definition) is 2. The van der Waals surface area contributed by atoms with E-state index in [1.54, 1.807) is 11.3 Å². The van der Waals surface area contributed by atoms with Crippen LogP contribution in [0.4, 0.5) is 0 Å². The second-order valence-electron chi connectivity index (χ2n) is 5.66. The van der Waals surface area contributed by atoms with Gasteiger partial charge in [0.2, 0.25) is 0 Å². The van der Waals surface area contributed by atoms with Crippen LogP contribution in [0.2, 0.25) is 0 Å². The van der Waals surface area contributed by atoms with Crippen molar-refractivity contribution >= 4 is 17.3 Å². The van der Waals surface area contributed by atoms with Crippen molar-refractivity contribution in [2.75, 3.05) is 39.4 Å². The van der Waals surface area contributed by atoms with Gasteiger partial charge >= 0.3 is 0 Å². The van der Waals surface area contributed by atoms with Gasteiger partial charge in [0.05, 0.1) is 30.5 Å². The van der Waals surface area contributed by atoms with Crippen molar-refractivity contribution in [1.82, 2.24) is 20.5 Å². The van der Waals surface area contributed by atoms with E-state index in [-0.39, 0.29) is 0 Å². The van der Waals surface area contributed by atoms with Crippen molar-refractivity contribution in [1.29, 1.82) is 0 Å². The van der Waals surface area contributed by atoms with Crippen molar-refractivity contribution in [3.8, 4) is 0 Å². The minimum atomic E-state index is 0.466. The average Bonchev–Trinajstić information content (AvgIpc) is 3.06. The Kier molecular flexibility index (Phi) is 7.78. The number of hydrogen-bond acceptors (Lipinski definition) is 5. The fraction of sp³-hybridized carbons (Fsp3) is 0.750. The van der Waals surface area contributed by atoms with Crippen LogP contribution in [0, 0.1) is 0 Å². The van der Waals surface area contributed by atoms with Gasteiger partial charge in [-0.3, -0.25) is 4.90 Å². The number of guanidine groups is 1. The van der Waals surface area contributed by atoms with Crippen LogP contribution < -0.4 is 10.6 Å². The van der Waals surface area contributed by atoms with E-state index in [4.69, 9.17) is 4.74 Å². The largest absolute Gasteiger partial charge is 0.379 e.